The van der Waals surface area contributed by atoms with Crippen molar-refractivity contribution in [1.29, 1.82) is 0 Å². The summed E-state index contributed by atoms with van der Waals surface area (Å²) in [6.45, 7) is 3.62. The molecule has 0 rings (SSSR count). The summed E-state index contributed by atoms with van der Waals surface area (Å²) in [5.41, 5.74) is 0. The normalized spacial score (nSPS) is 9.27. The third-order valence-corrected chi connectivity index (χ3v) is 1.52. The predicted molar refractivity (Wildman–Crippen MR) is 58.8 cm³/mol. The highest BCUT2D eigenvalue weighted by Crippen LogP contribution is 1.86. The van der Waals surface area contributed by atoms with Crippen LogP contribution < -0.4 is 5.32 Å². The summed E-state index contributed by atoms with van der Waals surface area (Å²) in [4.78, 5) is 9.00. The van der Waals surface area contributed by atoms with Gasteiger partial charge in [0.05, 0.1) is 0 Å². The molecular weight excluding hydrogens is 198 g/mol. The first kappa shape index (κ1) is 16.8. The molecule has 0 aliphatic heterocycles. The molecule has 0 aromatic carbocycles. The number of rotatable bonds is 8. The number of carboxylic acid groups (broad SMARTS) is 1. The largest absolute Gasteiger partial charge is 0.481 e. The Kier molecular flexibility index (Phi) is 17.7. The Hall–Kier alpha value is -0.650. The lowest BCUT2D eigenvalue weighted by atomic mass is 10.3. The van der Waals surface area contributed by atoms with Crippen LogP contribution in [0.15, 0.2) is 0 Å². The lowest BCUT2D eigenvalue weighted by molar-refractivity contribution is -0.134. The molecule has 15 heavy (non-hydrogen) atoms. The summed E-state index contributed by atoms with van der Waals surface area (Å²) >= 11 is 0. The van der Waals surface area contributed by atoms with Crippen LogP contribution in [0.3, 0.4) is 0 Å². The summed E-state index contributed by atoms with van der Waals surface area (Å²) in [5, 5.41) is 27.5. The van der Waals surface area contributed by atoms with Crippen molar-refractivity contribution in [1.82, 2.24) is 5.32 Å². The molecule has 0 saturated carbocycles. The number of carboxylic acids is 1. The number of hydrogen-bond acceptors (Lipinski definition) is 4. The Balaban J connectivity index is 0. The van der Waals surface area contributed by atoms with Gasteiger partial charge in [0.2, 0.25) is 0 Å². The summed E-state index contributed by atoms with van der Waals surface area (Å²) in [5.74, 6) is -0.833. The summed E-state index contributed by atoms with van der Waals surface area (Å²) < 4.78 is 0. The fourth-order valence-electron chi connectivity index (χ4n) is 0.849. The van der Waals surface area contributed by atoms with Gasteiger partial charge in [-0.3, -0.25) is 4.79 Å². The maximum atomic E-state index is 9.00. The first-order valence-corrected chi connectivity index (χ1v) is 5.27. The molecule has 0 bridgehead atoms. The molecule has 4 N–H and O–H groups in total. The molecule has 5 heteroatoms. The average molecular weight is 221 g/mol. The van der Waals surface area contributed by atoms with Gasteiger partial charge in [-0.15, -0.1) is 0 Å². The minimum atomic E-state index is -0.833. The van der Waals surface area contributed by atoms with Crippen molar-refractivity contribution < 1.29 is 20.1 Å². The van der Waals surface area contributed by atoms with Crippen LogP contribution in [0.25, 0.3) is 0 Å². The van der Waals surface area contributed by atoms with Gasteiger partial charge in [0.25, 0.3) is 5.97 Å². The zero-order chi connectivity index (χ0) is 11.9. The van der Waals surface area contributed by atoms with Gasteiger partial charge >= 0.3 is 0 Å². The first-order chi connectivity index (χ1) is 7.15. The second-order valence-electron chi connectivity index (χ2n) is 3.13. The van der Waals surface area contributed by atoms with Gasteiger partial charge in [0.1, 0.15) is 0 Å². The van der Waals surface area contributed by atoms with Crippen molar-refractivity contribution in [2.45, 2.75) is 32.6 Å². The highest BCUT2D eigenvalue weighted by Gasteiger charge is 1.87. The fourth-order valence-corrected chi connectivity index (χ4v) is 0.849. The van der Waals surface area contributed by atoms with E-state index in [1.807, 2.05) is 0 Å². The molecule has 0 aliphatic carbocycles. The van der Waals surface area contributed by atoms with E-state index in [-0.39, 0.29) is 0 Å². The molecule has 0 spiro atoms. The monoisotopic (exact) mass is 221 g/mol. The number of unbranched alkanes of at least 4 members (excludes halogenated alkanes) is 2. The minimum Gasteiger partial charge on any atom is -0.481 e. The van der Waals surface area contributed by atoms with Crippen molar-refractivity contribution in [3.63, 3.8) is 0 Å². The lowest BCUT2D eigenvalue weighted by Gasteiger charge is -2.01. The van der Waals surface area contributed by atoms with Crippen molar-refractivity contribution in [2.24, 2.45) is 0 Å². The zero-order valence-corrected chi connectivity index (χ0v) is 9.41. The summed E-state index contributed by atoms with van der Waals surface area (Å²) in [6.07, 6.45) is 3.84. The molecule has 92 valence electrons. The van der Waals surface area contributed by atoms with Crippen LogP contribution >= 0.6 is 0 Å². The van der Waals surface area contributed by atoms with Crippen molar-refractivity contribution in [2.75, 3.05) is 26.3 Å². The third-order valence-electron chi connectivity index (χ3n) is 1.52. The number of hydrogen-bond donors (Lipinski definition) is 4. The van der Waals surface area contributed by atoms with E-state index >= 15 is 0 Å². The first-order valence-electron chi connectivity index (χ1n) is 5.27. The smallest absolute Gasteiger partial charge is 0.300 e. The molecule has 0 aromatic rings. The Bertz CT molecular complexity index is 119. The molecule has 0 aliphatic rings. The van der Waals surface area contributed by atoms with Gasteiger partial charge < -0.3 is 20.6 Å². The van der Waals surface area contributed by atoms with Crippen LogP contribution in [0.4, 0.5) is 0 Å². The van der Waals surface area contributed by atoms with E-state index in [4.69, 9.17) is 20.1 Å². The number of aliphatic carboxylic acids is 1. The van der Waals surface area contributed by atoms with Crippen LogP contribution in [0, 0.1) is 0 Å². The van der Waals surface area contributed by atoms with Gasteiger partial charge in [-0.2, -0.15) is 0 Å². The molecule has 0 atom stereocenters. The van der Waals surface area contributed by atoms with E-state index in [1.54, 1.807) is 0 Å². The zero-order valence-electron chi connectivity index (χ0n) is 9.41. The maximum Gasteiger partial charge on any atom is 0.300 e. The number of aliphatic hydroxyl groups excluding tert-OH is 2. The molecule has 0 fully saturated rings. The Labute approximate surface area is 91.1 Å². The van der Waals surface area contributed by atoms with Gasteiger partial charge in [-0.05, 0) is 38.8 Å². The van der Waals surface area contributed by atoms with E-state index in [0.29, 0.717) is 13.2 Å². The Morgan fingerprint density at radius 3 is 1.60 bits per heavy atom. The van der Waals surface area contributed by atoms with Gasteiger partial charge in [-0.25, -0.2) is 0 Å². The number of aliphatic hydroxyl groups is 2. The van der Waals surface area contributed by atoms with Crippen LogP contribution in [-0.2, 0) is 4.79 Å². The third kappa shape index (κ3) is 31.8. The van der Waals surface area contributed by atoms with Gasteiger partial charge in [-0.1, -0.05) is 0 Å². The molecule has 5 nitrogen and oxygen atoms in total. The maximum absolute atomic E-state index is 9.00. The Morgan fingerprint density at radius 1 is 1.00 bits per heavy atom. The van der Waals surface area contributed by atoms with Gasteiger partial charge in [0, 0.05) is 20.1 Å². The molecule has 0 saturated heterocycles. The van der Waals surface area contributed by atoms with E-state index in [1.165, 1.54) is 0 Å². The van der Waals surface area contributed by atoms with Crippen molar-refractivity contribution >= 4 is 5.97 Å². The highest BCUT2D eigenvalue weighted by molar-refractivity contribution is 5.62. The molecular formula is C10H23NO4. The van der Waals surface area contributed by atoms with Crippen molar-refractivity contribution in [3.8, 4) is 0 Å². The minimum absolute atomic E-state index is 0.290. The Morgan fingerprint density at radius 2 is 1.33 bits per heavy atom. The van der Waals surface area contributed by atoms with Crippen LogP contribution in [-0.4, -0.2) is 47.6 Å². The predicted octanol–water partition coefficient (Wildman–Crippen LogP) is 0.212. The molecule has 0 heterocycles. The molecule has 0 radical (unpaired) electrons. The topological polar surface area (TPSA) is 89.8 Å². The summed E-state index contributed by atoms with van der Waals surface area (Å²) in [6, 6.07) is 0. The average Bonchev–Trinajstić information content (AvgIpc) is 2.16. The highest BCUT2D eigenvalue weighted by atomic mass is 16.4. The van der Waals surface area contributed by atoms with Crippen LogP contribution in [0.2, 0.25) is 0 Å². The van der Waals surface area contributed by atoms with Crippen molar-refractivity contribution in [3.05, 3.63) is 0 Å². The second-order valence-corrected chi connectivity index (χ2v) is 3.13. The number of carbonyl (C=O) groups is 1. The lowest BCUT2D eigenvalue weighted by Crippen LogP contribution is -2.17. The molecule has 0 amide bonds. The quantitative estimate of drug-likeness (QED) is 0.440. The standard InChI is InChI=1S/C8H19NO2.C2H4O2/c10-7-3-1-5-9-6-2-4-8-11;1-2(3)4/h9-11H,1-8H2;1H3,(H,3,4). The van der Waals surface area contributed by atoms with E-state index < -0.39 is 5.97 Å². The molecule has 0 aromatic heterocycles. The number of nitrogens with one attached hydrogen (secondary N) is 1. The van der Waals surface area contributed by atoms with Crippen LogP contribution in [0.1, 0.15) is 32.6 Å². The van der Waals surface area contributed by atoms with E-state index in [2.05, 4.69) is 5.32 Å². The second kappa shape index (κ2) is 15.8. The SMILES string of the molecule is CC(=O)O.OCCCCNCCCCO. The van der Waals surface area contributed by atoms with Crippen LogP contribution in [0.5, 0.6) is 0 Å². The fraction of sp³-hybridized carbons (Fsp3) is 0.900. The molecule has 0 unspecified atom stereocenters. The van der Waals surface area contributed by atoms with E-state index in [0.717, 1.165) is 45.7 Å². The summed E-state index contributed by atoms with van der Waals surface area (Å²) in [7, 11) is 0. The van der Waals surface area contributed by atoms with Gasteiger partial charge in [0.15, 0.2) is 0 Å². The van der Waals surface area contributed by atoms with E-state index in [9.17, 15) is 0 Å².